The van der Waals surface area contributed by atoms with Gasteiger partial charge in [0.1, 0.15) is 5.75 Å². The van der Waals surface area contributed by atoms with Gasteiger partial charge in [0.15, 0.2) is 0 Å². The van der Waals surface area contributed by atoms with Crippen molar-refractivity contribution in [2.45, 2.75) is 26.4 Å². The molecule has 0 aliphatic rings. The highest BCUT2D eigenvalue weighted by molar-refractivity contribution is 5.34. The predicted octanol–water partition coefficient (Wildman–Crippen LogP) is 2.61. The number of ether oxygens (including phenoxy) is 1. The van der Waals surface area contributed by atoms with E-state index >= 15 is 0 Å². The molecule has 1 aromatic heterocycles. The SMILES string of the molecule is CCNC(c1cccc(OC)c1)c1ccnn1CC. The van der Waals surface area contributed by atoms with Crippen LogP contribution >= 0.6 is 0 Å². The fourth-order valence-corrected chi connectivity index (χ4v) is 2.27. The standard InChI is InChI=1S/C15H21N3O/c1-4-16-15(14-9-10-17-18(14)5-2)12-7-6-8-13(11-12)19-3/h6-11,15-16H,4-5H2,1-3H3. The lowest BCUT2D eigenvalue weighted by Crippen LogP contribution is -2.24. The van der Waals surface area contributed by atoms with Gasteiger partial charge in [-0.15, -0.1) is 0 Å². The molecule has 1 heterocycles. The Kier molecular flexibility index (Phi) is 4.58. The van der Waals surface area contributed by atoms with E-state index in [4.69, 9.17) is 4.74 Å². The zero-order valence-corrected chi connectivity index (χ0v) is 11.8. The molecule has 0 fully saturated rings. The molecule has 0 saturated heterocycles. The smallest absolute Gasteiger partial charge is 0.119 e. The van der Waals surface area contributed by atoms with Gasteiger partial charge < -0.3 is 10.1 Å². The summed E-state index contributed by atoms with van der Waals surface area (Å²) in [5, 5.41) is 7.86. The second-order valence-electron chi connectivity index (χ2n) is 4.34. The summed E-state index contributed by atoms with van der Waals surface area (Å²) in [7, 11) is 1.69. The number of rotatable bonds is 6. The van der Waals surface area contributed by atoms with Gasteiger partial charge in [-0.3, -0.25) is 4.68 Å². The van der Waals surface area contributed by atoms with Crippen molar-refractivity contribution in [3.05, 3.63) is 47.8 Å². The Labute approximate surface area is 114 Å². The van der Waals surface area contributed by atoms with E-state index in [2.05, 4.69) is 42.5 Å². The summed E-state index contributed by atoms with van der Waals surface area (Å²) in [5.41, 5.74) is 2.37. The average molecular weight is 259 g/mol. The zero-order chi connectivity index (χ0) is 13.7. The number of nitrogens with one attached hydrogen (secondary N) is 1. The van der Waals surface area contributed by atoms with Crippen LogP contribution in [0.1, 0.15) is 31.1 Å². The van der Waals surface area contributed by atoms with Gasteiger partial charge in [-0.25, -0.2) is 0 Å². The van der Waals surface area contributed by atoms with E-state index in [0.29, 0.717) is 0 Å². The third-order valence-corrected chi connectivity index (χ3v) is 3.18. The van der Waals surface area contributed by atoms with Gasteiger partial charge in [0.05, 0.1) is 18.8 Å². The molecule has 0 spiro atoms. The van der Waals surface area contributed by atoms with Gasteiger partial charge in [0.2, 0.25) is 0 Å². The van der Waals surface area contributed by atoms with Crippen molar-refractivity contribution in [1.82, 2.24) is 15.1 Å². The summed E-state index contributed by atoms with van der Waals surface area (Å²) in [6, 6.07) is 10.4. The highest BCUT2D eigenvalue weighted by Crippen LogP contribution is 2.25. The summed E-state index contributed by atoms with van der Waals surface area (Å²) in [5.74, 6) is 0.878. The van der Waals surface area contributed by atoms with Crippen LogP contribution in [0.2, 0.25) is 0 Å². The first kappa shape index (κ1) is 13.6. The second-order valence-corrected chi connectivity index (χ2v) is 4.34. The molecule has 1 aromatic carbocycles. The largest absolute Gasteiger partial charge is 0.497 e. The lowest BCUT2D eigenvalue weighted by atomic mass is 10.0. The summed E-state index contributed by atoms with van der Waals surface area (Å²) in [4.78, 5) is 0. The fraction of sp³-hybridized carbons (Fsp3) is 0.400. The fourth-order valence-electron chi connectivity index (χ4n) is 2.27. The maximum Gasteiger partial charge on any atom is 0.119 e. The van der Waals surface area contributed by atoms with Gasteiger partial charge in [0.25, 0.3) is 0 Å². The summed E-state index contributed by atoms with van der Waals surface area (Å²) >= 11 is 0. The molecule has 0 aliphatic carbocycles. The van der Waals surface area contributed by atoms with Crippen LogP contribution in [-0.2, 0) is 6.54 Å². The topological polar surface area (TPSA) is 39.1 Å². The van der Waals surface area contributed by atoms with Crippen LogP contribution in [0, 0.1) is 0 Å². The van der Waals surface area contributed by atoms with Crippen molar-refractivity contribution in [2.24, 2.45) is 0 Å². The second kappa shape index (κ2) is 6.38. The third kappa shape index (κ3) is 2.96. The Morgan fingerprint density at radius 3 is 2.84 bits per heavy atom. The number of hydrogen-bond donors (Lipinski definition) is 1. The minimum absolute atomic E-state index is 0.141. The first-order valence-electron chi connectivity index (χ1n) is 6.69. The molecular weight excluding hydrogens is 238 g/mol. The van der Waals surface area contributed by atoms with Crippen LogP contribution in [0.25, 0.3) is 0 Å². The van der Waals surface area contributed by atoms with Crippen LogP contribution < -0.4 is 10.1 Å². The van der Waals surface area contributed by atoms with Crippen LogP contribution in [0.5, 0.6) is 5.75 Å². The van der Waals surface area contributed by atoms with E-state index in [9.17, 15) is 0 Å². The van der Waals surface area contributed by atoms with Crippen LogP contribution in [0.3, 0.4) is 0 Å². The molecule has 1 atom stereocenters. The molecule has 2 rings (SSSR count). The quantitative estimate of drug-likeness (QED) is 0.866. The summed E-state index contributed by atoms with van der Waals surface area (Å²) in [6.07, 6.45) is 1.85. The van der Waals surface area contributed by atoms with Crippen molar-refractivity contribution >= 4 is 0 Å². The molecule has 0 bridgehead atoms. The van der Waals surface area contributed by atoms with Crippen molar-refractivity contribution < 1.29 is 4.74 Å². The minimum Gasteiger partial charge on any atom is -0.497 e. The number of hydrogen-bond acceptors (Lipinski definition) is 3. The van der Waals surface area contributed by atoms with Gasteiger partial charge in [-0.2, -0.15) is 5.10 Å². The molecule has 4 nitrogen and oxygen atoms in total. The molecule has 0 aliphatic heterocycles. The van der Waals surface area contributed by atoms with E-state index in [1.165, 1.54) is 11.3 Å². The number of aryl methyl sites for hydroxylation is 1. The van der Waals surface area contributed by atoms with Crippen molar-refractivity contribution in [3.63, 3.8) is 0 Å². The molecule has 4 heteroatoms. The molecule has 0 radical (unpaired) electrons. The van der Waals surface area contributed by atoms with Gasteiger partial charge in [-0.1, -0.05) is 19.1 Å². The molecule has 2 aromatic rings. The highest BCUT2D eigenvalue weighted by atomic mass is 16.5. The zero-order valence-electron chi connectivity index (χ0n) is 11.8. The Hall–Kier alpha value is -1.81. The predicted molar refractivity (Wildman–Crippen MR) is 76.4 cm³/mol. The Morgan fingerprint density at radius 1 is 1.32 bits per heavy atom. The molecular formula is C15H21N3O. The van der Waals surface area contributed by atoms with Crippen LogP contribution in [-0.4, -0.2) is 23.4 Å². The molecule has 1 N–H and O–H groups in total. The lowest BCUT2D eigenvalue weighted by Gasteiger charge is -2.20. The van der Waals surface area contributed by atoms with Crippen molar-refractivity contribution in [3.8, 4) is 5.75 Å². The van der Waals surface area contributed by atoms with E-state index in [-0.39, 0.29) is 6.04 Å². The van der Waals surface area contributed by atoms with E-state index in [1.807, 2.05) is 23.0 Å². The maximum atomic E-state index is 5.31. The van der Waals surface area contributed by atoms with Gasteiger partial charge in [-0.05, 0) is 37.2 Å². The maximum absolute atomic E-state index is 5.31. The number of aromatic nitrogens is 2. The molecule has 1 unspecified atom stereocenters. The van der Waals surface area contributed by atoms with Crippen LogP contribution in [0.15, 0.2) is 36.5 Å². The number of nitrogens with zero attached hydrogens (tertiary/aromatic N) is 2. The van der Waals surface area contributed by atoms with E-state index < -0.39 is 0 Å². The van der Waals surface area contributed by atoms with Crippen LogP contribution in [0.4, 0.5) is 0 Å². The molecule has 102 valence electrons. The summed E-state index contributed by atoms with van der Waals surface area (Å²) in [6.45, 7) is 5.98. The van der Waals surface area contributed by atoms with Crippen molar-refractivity contribution in [2.75, 3.05) is 13.7 Å². The first-order valence-corrected chi connectivity index (χ1v) is 6.69. The Morgan fingerprint density at radius 2 is 2.16 bits per heavy atom. The van der Waals surface area contributed by atoms with Gasteiger partial charge in [0, 0.05) is 12.7 Å². The van der Waals surface area contributed by atoms with Gasteiger partial charge >= 0.3 is 0 Å². The number of benzene rings is 1. The third-order valence-electron chi connectivity index (χ3n) is 3.18. The first-order chi connectivity index (χ1) is 9.30. The van der Waals surface area contributed by atoms with Crippen molar-refractivity contribution in [1.29, 1.82) is 0 Å². The lowest BCUT2D eigenvalue weighted by molar-refractivity contribution is 0.413. The van der Waals surface area contributed by atoms with E-state index in [1.54, 1.807) is 7.11 Å². The highest BCUT2D eigenvalue weighted by Gasteiger charge is 2.17. The molecule has 0 saturated carbocycles. The normalized spacial score (nSPS) is 12.4. The monoisotopic (exact) mass is 259 g/mol. The number of methoxy groups -OCH3 is 1. The average Bonchev–Trinajstić information content (AvgIpc) is 2.93. The Balaban J connectivity index is 2.39. The summed E-state index contributed by atoms with van der Waals surface area (Å²) < 4.78 is 7.33. The molecule has 19 heavy (non-hydrogen) atoms. The minimum atomic E-state index is 0.141. The van der Waals surface area contributed by atoms with E-state index in [0.717, 1.165) is 18.8 Å². The Bertz CT molecular complexity index is 522. The molecule has 0 amide bonds.